The lowest BCUT2D eigenvalue weighted by atomic mass is 10.1. The van der Waals surface area contributed by atoms with Crippen LogP contribution in [0.4, 0.5) is 10.2 Å². The van der Waals surface area contributed by atoms with Crippen molar-refractivity contribution in [3.8, 4) is 0 Å². The molecule has 0 saturated heterocycles. The van der Waals surface area contributed by atoms with Gasteiger partial charge in [0.15, 0.2) is 0 Å². The molecule has 16 heavy (non-hydrogen) atoms. The van der Waals surface area contributed by atoms with Crippen LogP contribution in [-0.2, 0) is 4.74 Å². The molecule has 0 aliphatic carbocycles. The van der Waals surface area contributed by atoms with Crippen molar-refractivity contribution in [1.82, 2.24) is 4.98 Å². The number of hydrogen-bond donors (Lipinski definition) is 2. The number of benzene rings is 1. The summed E-state index contributed by atoms with van der Waals surface area (Å²) in [6.07, 6.45) is 0. The van der Waals surface area contributed by atoms with E-state index in [1.165, 1.54) is 13.2 Å². The molecule has 2 rings (SSSR count). The van der Waals surface area contributed by atoms with Crippen LogP contribution in [0.25, 0.3) is 10.9 Å². The van der Waals surface area contributed by atoms with E-state index in [1.807, 2.05) is 0 Å². The van der Waals surface area contributed by atoms with Gasteiger partial charge in [-0.25, -0.2) is 9.18 Å². The third kappa shape index (κ3) is 1.41. The van der Waals surface area contributed by atoms with Crippen molar-refractivity contribution in [2.24, 2.45) is 0 Å². The lowest BCUT2D eigenvalue weighted by Crippen LogP contribution is -2.03. The van der Waals surface area contributed by atoms with Crippen molar-refractivity contribution < 1.29 is 13.9 Å². The van der Waals surface area contributed by atoms with Crippen molar-refractivity contribution in [2.45, 2.75) is 6.92 Å². The molecule has 0 spiro atoms. The van der Waals surface area contributed by atoms with Crippen molar-refractivity contribution >= 4 is 22.7 Å². The van der Waals surface area contributed by atoms with E-state index in [0.29, 0.717) is 16.5 Å². The fourth-order valence-electron chi connectivity index (χ4n) is 1.67. The number of rotatable bonds is 1. The number of anilines is 1. The minimum Gasteiger partial charge on any atom is -0.465 e. The Balaban J connectivity index is 2.79. The molecular formula is C11H11FN2O2. The fourth-order valence-corrected chi connectivity index (χ4v) is 1.67. The quantitative estimate of drug-likeness (QED) is 0.725. The Bertz CT molecular complexity index is 575. The molecule has 0 amide bonds. The molecule has 0 bridgehead atoms. The van der Waals surface area contributed by atoms with E-state index in [1.54, 1.807) is 13.0 Å². The summed E-state index contributed by atoms with van der Waals surface area (Å²) in [5.74, 6) is -0.688. The Morgan fingerprint density at radius 3 is 2.81 bits per heavy atom. The van der Waals surface area contributed by atoms with Gasteiger partial charge >= 0.3 is 5.97 Å². The van der Waals surface area contributed by atoms with Crippen LogP contribution in [0.2, 0.25) is 0 Å². The summed E-state index contributed by atoms with van der Waals surface area (Å²) in [5, 5.41) is 0.572. The minimum atomic E-state index is -0.533. The van der Waals surface area contributed by atoms with Crippen molar-refractivity contribution in [2.75, 3.05) is 12.8 Å². The second-order valence-corrected chi connectivity index (χ2v) is 3.55. The zero-order chi connectivity index (χ0) is 11.9. The average molecular weight is 222 g/mol. The first-order valence-electron chi connectivity index (χ1n) is 4.70. The van der Waals surface area contributed by atoms with Gasteiger partial charge in [-0.05, 0) is 24.6 Å². The summed E-state index contributed by atoms with van der Waals surface area (Å²) in [4.78, 5) is 14.2. The summed E-state index contributed by atoms with van der Waals surface area (Å²) in [6, 6.07) is 2.89. The SMILES string of the molecule is COC(=O)c1c(N)[nH]c2cc(F)c(C)cc12. The number of nitrogen functional groups attached to an aromatic ring is 1. The first-order chi connectivity index (χ1) is 7.54. The van der Waals surface area contributed by atoms with Gasteiger partial charge in [0.2, 0.25) is 0 Å². The molecule has 0 fully saturated rings. The number of halogens is 1. The second kappa shape index (κ2) is 3.52. The van der Waals surface area contributed by atoms with E-state index in [4.69, 9.17) is 5.73 Å². The van der Waals surface area contributed by atoms with Gasteiger partial charge in [-0.2, -0.15) is 0 Å². The molecule has 1 heterocycles. The molecule has 1 aromatic heterocycles. The van der Waals surface area contributed by atoms with Crippen LogP contribution in [-0.4, -0.2) is 18.1 Å². The van der Waals surface area contributed by atoms with E-state index >= 15 is 0 Å². The lowest BCUT2D eigenvalue weighted by molar-refractivity contribution is 0.0604. The monoisotopic (exact) mass is 222 g/mol. The molecule has 5 heteroatoms. The van der Waals surface area contributed by atoms with Crippen molar-refractivity contribution in [3.63, 3.8) is 0 Å². The second-order valence-electron chi connectivity index (χ2n) is 3.55. The van der Waals surface area contributed by atoms with Crippen LogP contribution in [0.15, 0.2) is 12.1 Å². The predicted octanol–water partition coefficient (Wildman–Crippen LogP) is 1.98. The number of carbonyl (C=O) groups is 1. The fraction of sp³-hybridized carbons (Fsp3) is 0.182. The standard InChI is InChI=1S/C11H11FN2O2/c1-5-3-6-8(4-7(5)12)14-10(13)9(6)11(15)16-2/h3-4,14H,13H2,1-2H3. The summed E-state index contributed by atoms with van der Waals surface area (Å²) in [5.41, 5.74) is 6.84. The Morgan fingerprint density at radius 2 is 2.19 bits per heavy atom. The topological polar surface area (TPSA) is 68.1 Å². The van der Waals surface area contributed by atoms with E-state index < -0.39 is 5.97 Å². The largest absolute Gasteiger partial charge is 0.465 e. The van der Waals surface area contributed by atoms with Crippen molar-refractivity contribution in [3.05, 3.63) is 29.1 Å². The van der Waals surface area contributed by atoms with E-state index in [2.05, 4.69) is 9.72 Å². The van der Waals surface area contributed by atoms with Crippen LogP contribution in [0.5, 0.6) is 0 Å². The highest BCUT2D eigenvalue weighted by atomic mass is 19.1. The van der Waals surface area contributed by atoms with Crippen LogP contribution >= 0.6 is 0 Å². The third-order valence-corrected chi connectivity index (χ3v) is 2.50. The molecule has 4 nitrogen and oxygen atoms in total. The highest BCUT2D eigenvalue weighted by Crippen LogP contribution is 2.27. The van der Waals surface area contributed by atoms with E-state index in [9.17, 15) is 9.18 Å². The van der Waals surface area contributed by atoms with Crippen LogP contribution in [0, 0.1) is 12.7 Å². The van der Waals surface area contributed by atoms with Gasteiger partial charge in [0.05, 0.1) is 12.6 Å². The molecule has 84 valence electrons. The molecule has 0 radical (unpaired) electrons. The number of nitrogens with one attached hydrogen (secondary N) is 1. The maximum absolute atomic E-state index is 13.3. The van der Waals surface area contributed by atoms with Gasteiger partial charge in [-0.15, -0.1) is 0 Å². The molecular weight excluding hydrogens is 211 g/mol. The summed E-state index contributed by atoms with van der Waals surface area (Å²) >= 11 is 0. The highest BCUT2D eigenvalue weighted by Gasteiger charge is 2.18. The number of methoxy groups -OCH3 is 1. The van der Waals surface area contributed by atoms with Crippen molar-refractivity contribution in [1.29, 1.82) is 0 Å². The molecule has 0 aliphatic rings. The summed E-state index contributed by atoms with van der Waals surface area (Å²) in [6.45, 7) is 1.62. The van der Waals surface area contributed by atoms with Gasteiger partial charge in [0, 0.05) is 5.39 Å². The third-order valence-electron chi connectivity index (χ3n) is 2.50. The average Bonchev–Trinajstić information content (AvgIpc) is 2.54. The number of ether oxygens (including phenoxy) is 1. The Labute approximate surface area is 91.2 Å². The summed E-state index contributed by atoms with van der Waals surface area (Å²) < 4.78 is 17.9. The lowest BCUT2D eigenvalue weighted by Gasteiger charge is -1.99. The van der Waals surface area contributed by atoms with Gasteiger partial charge in [0.1, 0.15) is 17.2 Å². The first kappa shape index (κ1) is 10.5. The number of aryl methyl sites for hydroxylation is 1. The zero-order valence-corrected chi connectivity index (χ0v) is 8.93. The first-order valence-corrected chi connectivity index (χ1v) is 4.70. The van der Waals surface area contributed by atoms with Gasteiger partial charge in [-0.3, -0.25) is 0 Å². The number of carbonyl (C=O) groups excluding carboxylic acids is 1. The Kier molecular flexibility index (Phi) is 2.30. The number of H-pyrrole nitrogens is 1. The van der Waals surface area contributed by atoms with Gasteiger partial charge in [0.25, 0.3) is 0 Å². The minimum absolute atomic E-state index is 0.187. The number of nitrogens with two attached hydrogens (primary N) is 1. The maximum Gasteiger partial charge on any atom is 0.342 e. The molecule has 2 aromatic rings. The Morgan fingerprint density at radius 1 is 1.50 bits per heavy atom. The Hall–Kier alpha value is -2.04. The molecule has 0 atom stereocenters. The number of esters is 1. The molecule has 0 saturated carbocycles. The van der Waals surface area contributed by atoms with Crippen LogP contribution < -0.4 is 5.73 Å². The van der Waals surface area contributed by atoms with Crippen LogP contribution in [0.1, 0.15) is 15.9 Å². The van der Waals surface area contributed by atoms with Gasteiger partial charge < -0.3 is 15.5 Å². The van der Waals surface area contributed by atoms with Gasteiger partial charge in [-0.1, -0.05) is 0 Å². The van der Waals surface area contributed by atoms with Crippen LogP contribution in [0.3, 0.4) is 0 Å². The molecule has 0 unspecified atom stereocenters. The normalized spacial score (nSPS) is 10.7. The predicted molar refractivity (Wildman–Crippen MR) is 58.7 cm³/mol. The number of aromatic amines is 1. The molecule has 0 aliphatic heterocycles. The summed E-state index contributed by atoms with van der Waals surface area (Å²) in [7, 11) is 1.27. The molecule has 1 aromatic carbocycles. The number of aromatic nitrogens is 1. The highest BCUT2D eigenvalue weighted by molar-refractivity contribution is 6.09. The smallest absolute Gasteiger partial charge is 0.342 e. The number of hydrogen-bond acceptors (Lipinski definition) is 3. The molecule has 3 N–H and O–H groups in total. The number of fused-ring (bicyclic) bond motifs is 1. The van der Waals surface area contributed by atoms with E-state index in [-0.39, 0.29) is 17.2 Å². The zero-order valence-electron chi connectivity index (χ0n) is 8.93. The maximum atomic E-state index is 13.3. The van der Waals surface area contributed by atoms with E-state index in [0.717, 1.165) is 0 Å².